The van der Waals surface area contributed by atoms with E-state index in [2.05, 4.69) is 15.5 Å². The monoisotopic (exact) mass is 354 g/mol. The van der Waals surface area contributed by atoms with Gasteiger partial charge in [0.25, 0.3) is 5.91 Å². The summed E-state index contributed by atoms with van der Waals surface area (Å²) >= 11 is 0. The van der Waals surface area contributed by atoms with Crippen molar-refractivity contribution in [1.29, 1.82) is 0 Å². The SMILES string of the molecule is C[B]COc1cccc(OCc2ccccc2/C(=N/OC)C(=O)NC)n1. The van der Waals surface area contributed by atoms with Crippen LogP contribution in [0, 0.1) is 0 Å². The van der Waals surface area contributed by atoms with Gasteiger partial charge in [-0.3, -0.25) is 4.79 Å². The second-order valence-electron chi connectivity index (χ2n) is 5.18. The lowest BCUT2D eigenvalue weighted by atomic mass is 9.85. The summed E-state index contributed by atoms with van der Waals surface area (Å²) in [5, 5.41) is 6.39. The van der Waals surface area contributed by atoms with E-state index in [1.807, 2.05) is 38.4 Å². The summed E-state index contributed by atoms with van der Waals surface area (Å²) < 4.78 is 11.2. The molecule has 135 valence electrons. The highest BCUT2D eigenvalue weighted by atomic mass is 16.6. The van der Waals surface area contributed by atoms with E-state index >= 15 is 0 Å². The van der Waals surface area contributed by atoms with Crippen molar-refractivity contribution in [1.82, 2.24) is 10.3 Å². The Bertz CT molecular complexity index is 768. The zero-order valence-electron chi connectivity index (χ0n) is 15.1. The first-order valence-corrected chi connectivity index (χ1v) is 8.11. The van der Waals surface area contributed by atoms with Crippen molar-refractivity contribution in [2.24, 2.45) is 5.16 Å². The van der Waals surface area contributed by atoms with Crippen LogP contribution in [0.25, 0.3) is 0 Å². The summed E-state index contributed by atoms with van der Waals surface area (Å²) in [4.78, 5) is 21.2. The largest absolute Gasteiger partial charge is 0.487 e. The number of hydrogen-bond acceptors (Lipinski definition) is 6. The van der Waals surface area contributed by atoms with Gasteiger partial charge in [-0.15, -0.1) is 0 Å². The van der Waals surface area contributed by atoms with Crippen molar-refractivity contribution in [3.8, 4) is 11.8 Å². The molecule has 2 aromatic rings. The summed E-state index contributed by atoms with van der Waals surface area (Å²) in [5.41, 5.74) is 1.58. The van der Waals surface area contributed by atoms with Crippen molar-refractivity contribution < 1.29 is 19.1 Å². The van der Waals surface area contributed by atoms with E-state index in [0.717, 1.165) is 5.56 Å². The Morgan fingerprint density at radius 3 is 2.58 bits per heavy atom. The molecule has 8 heteroatoms. The van der Waals surface area contributed by atoms with Gasteiger partial charge in [-0.05, 0) is 5.56 Å². The Labute approximate surface area is 153 Å². The third-order valence-corrected chi connectivity index (χ3v) is 3.37. The number of nitrogens with zero attached hydrogens (tertiary/aromatic N) is 2. The highest BCUT2D eigenvalue weighted by Gasteiger charge is 2.17. The molecule has 0 spiro atoms. The number of pyridine rings is 1. The van der Waals surface area contributed by atoms with E-state index < -0.39 is 0 Å². The minimum Gasteiger partial charge on any atom is -0.487 e. The summed E-state index contributed by atoms with van der Waals surface area (Å²) in [6, 6.07) is 12.6. The quantitative estimate of drug-likeness (QED) is 0.422. The Morgan fingerprint density at radius 1 is 1.15 bits per heavy atom. The molecule has 0 saturated carbocycles. The fourth-order valence-electron chi connectivity index (χ4n) is 2.18. The third kappa shape index (κ3) is 5.24. The standard InChI is InChI=1S/C18H21BN3O4/c1-19-12-26-16-10-6-9-15(21-16)25-11-13-7-4-5-8-14(13)17(22-24-3)18(23)20-2/h4-10H,11-12H2,1-3H3,(H,20,23)/b22-17-. The van der Waals surface area contributed by atoms with Gasteiger partial charge in [-0.1, -0.05) is 42.3 Å². The van der Waals surface area contributed by atoms with Crippen LogP contribution in [0.3, 0.4) is 0 Å². The second kappa shape index (κ2) is 10.1. The summed E-state index contributed by atoms with van der Waals surface area (Å²) in [7, 11) is 4.82. The number of aromatic nitrogens is 1. The predicted octanol–water partition coefficient (Wildman–Crippen LogP) is 1.85. The number of hydrogen-bond donors (Lipinski definition) is 1. The molecule has 1 heterocycles. The number of rotatable bonds is 9. The van der Waals surface area contributed by atoms with Gasteiger partial charge in [-0.2, -0.15) is 4.98 Å². The molecule has 1 amide bonds. The van der Waals surface area contributed by atoms with Crippen LogP contribution in [-0.2, 0) is 16.2 Å². The molecule has 0 fully saturated rings. The third-order valence-electron chi connectivity index (χ3n) is 3.37. The van der Waals surface area contributed by atoms with Gasteiger partial charge in [0.2, 0.25) is 11.8 Å². The molecule has 26 heavy (non-hydrogen) atoms. The number of carbonyl (C=O) groups is 1. The Balaban J connectivity index is 2.18. The van der Waals surface area contributed by atoms with Gasteiger partial charge in [0, 0.05) is 24.7 Å². The van der Waals surface area contributed by atoms with Gasteiger partial charge in [0.05, 0.1) is 6.51 Å². The lowest BCUT2D eigenvalue weighted by Crippen LogP contribution is -2.29. The minimum absolute atomic E-state index is 0.178. The first kappa shape index (κ1) is 19.3. The topological polar surface area (TPSA) is 82.0 Å². The molecule has 2 rings (SSSR count). The van der Waals surface area contributed by atoms with Gasteiger partial charge < -0.3 is 19.6 Å². The second-order valence-corrected chi connectivity index (χ2v) is 5.18. The Morgan fingerprint density at radius 2 is 1.88 bits per heavy atom. The van der Waals surface area contributed by atoms with Gasteiger partial charge in [0.15, 0.2) is 13.0 Å². The van der Waals surface area contributed by atoms with E-state index in [1.54, 1.807) is 18.2 Å². The lowest BCUT2D eigenvalue weighted by molar-refractivity contribution is -0.114. The lowest BCUT2D eigenvalue weighted by Gasteiger charge is -2.12. The van der Waals surface area contributed by atoms with Crippen LogP contribution in [0.1, 0.15) is 11.1 Å². The van der Waals surface area contributed by atoms with Crippen LogP contribution < -0.4 is 14.8 Å². The summed E-state index contributed by atoms with van der Waals surface area (Å²) in [6.45, 7) is 2.59. The molecule has 0 saturated heterocycles. The highest BCUT2D eigenvalue weighted by Crippen LogP contribution is 2.17. The van der Waals surface area contributed by atoms with Crippen LogP contribution >= 0.6 is 0 Å². The van der Waals surface area contributed by atoms with Crippen molar-refractivity contribution in [2.45, 2.75) is 13.4 Å². The molecule has 1 N–H and O–H groups in total. The molecule has 0 atom stereocenters. The van der Waals surface area contributed by atoms with Gasteiger partial charge >= 0.3 is 0 Å². The van der Waals surface area contributed by atoms with Crippen LogP contribution in [-0.4, -0.2) is 44.5 Å². The number of benzene rings is 1. The van der Waals surface area contributed by atoms with E-state index in [9.17, 15) is 4.79 Å². The molecule has 0 aliphatic heterocycles. The van der Waals surface area contributed by atoms with Crippen LogP contribution in [0.2, 0.25) is 6.82 Å². The minimum atomic E-state index is -0.344. The maximum atomic E-state index is 12.1. The normalized spacial score (nSPS) is 10.8. The van der Waals surface area contributed by atoms with Crippen molar-refractivity contribution in [3.63, 3.8) is 0 Å². The first-order valence-electron chi connectivity index (χ1n) is 8.11. The van der Waals surface area contributed by atoms with E-state index in [4.69, 9.17) is 14.3 Å². The molecule has 7 nitrogen and oxygen atoms in total. The fraction of sp³-hybridized carbons (Fsp3) is 0.278. The van der Waals surface area contributed by atoms with E-state index in [1.165, 1.54) is 14.2 Å². The smallest absolute Gasteiger partial charge is 0.273 e. The molecular weight excluding hydrogens is 333 g/mol. The highest BCUT2D eigenvalue weighted by molar-refractivity contribution is 6.45. The molecular formula is C18H21BN3O4. The zero-order valence-corrected chi connectivity index (χ0v) is 15.1. The first-order chi connectivity index (χ1) is 12.7. The molecule has 1 radical (unpaired) electrons. The molecule has 0 aliphatic rings. The number of nitrogens with one attached hydrogen (secondary N) is 1. The average Bonchev–Trinajstić information content (AvgIpc) is 2.69. The van der Waals surface area contributed by atoms with Crippen LogP contribution in [0.5, 0.6) is 11.8 Å². The maximum absolute atomic E-state index is 12.1. The van der Waals surface area contributed by atoms with Crippen molar-refractivity contribution in [2.75, 3.05) is 20.7 Å². The zero-order chi connectivity index (χ0) is 18.8. The summed E-state index contributed by atoms with van der Waals surface area (Å²) in [5.74, 6) is 0.572. The molecule has 0 aliphatic carbocycles. The summed E-state index contributed by atoms with van der Waals surface area (Å²) in [6.07, 6.45) is 0. The van der Waals surface area contributed by atoms with Gasteiger partial charge in [-0.25, -0.2) is 0 Å². The average molecular weight is 354 g/mol. The molecule has 0 bridgehead atoms. The number of amides is 1. The number of likely N-dealkylation sites (N-methyl/N-ethyl adjacent to an activating group) is 1. The van der Waals surface area contributed by atoms with Crippen molar-refractivity contribution >= 4 is 18.9 Å². The molecule has 1 aromatic heterocycles. The maximum Gasteiger partial charge on any atom is 0.273 e. The van der Waals surface area contributed by atoms with Crippen molar-refractivity contribution in [3.05, 3.63) is 53.6 Å². The van der Waals surface area contributed by atoms with E-state index in [0.29, 0.717) is 23.8 Å². The Kier molecular flexibility index (Phi) is 7.48. The fourth-order valence-corrected chi connectivity index (χ4v) is 2.18. The number of ether oxygens (including phenoxy) is 2. The molecule has 1 aromatic carbocycles. The van der Waals surface area contributed by atoms with Gasteiger partial charge in [0.1, 0.15) is 13.7 Å². The van der Waals surface area contributed by atoms with E-state index in [-0.39, 0.29) is 18.2 Å². The molecule has 0 unspecified atom stereocenters. The number of carbonyl (C=O) groups excluding carboxylic acids is 1. The predicted molar refractivity (Wildman–Crippen MR) is 99.7 cm³/mol. The number of oxime groups is 1. The Hall–Kier alpha value is -3.03. The van der Waals surface area contributed by atoms with Crippen LogP contribution in [0.15, 0.2) is 47.6 Å². The van der Waals surface area contributed by atoms with Crippen LogP contribution in [0.4, 0.5) is 0 Å².